The van der Waals surface area contributed by atoms with Crippen molar-refractivity contribution >= 4 is 36.0 Å². The summed E-state index contributed by atoms with van der Waals surface area (Å²) in [6.45, 7) is 0. The molecule has 0 aliphatic heterocycles. The summed E-state index contributed by atoms with van der Waals surface area (Å²) in [6.07, 6.45) is 3.87. The molecule has 3 nitrogen and oxygen atoms in total. The van der Waals surface area contributed by atoms with E-state index in [4.69, 9.17) is 23.8 Å². The van der Waals surface area contributed by atoms with Gasteiger partial charge in [0.1, 0.15) is 11.4 Å². The van der Waals surface area contributed by atoms with Crippen molar-refractivity contribution in [3.8, 4) is 11.3 Å². The SMILES string of the molecule is S=c1nc(-c2ccccc2)c(C=Cc2ccc(Cl)cc2)n[nH]1. The highest BCUT2D eigenvalue weighted by molar-refractivity contribution is 7.71. The zero-order chi connectivity index (χ0) is 15.4. The second kappa shape index (κ2) is 6.64. The van der Waals surface area contributed by atoms with Gasteiger partial charge in [0.05, 0.1) is 0 Å². The molecule has 108 valence electrons. The van der Waals surface area contributed by atoms with Gasteiger partial charge in [-0.25, -0.2) is 4.98 Å². The predicted octanol–water partition coefficient (Wildman–Crippen LogP) is 5.02. The molecule has 2 aromatic carbocycles. The summed E-state index contributed by atoms with van der Waals surface area (Å²) < 4.78 is 0.363. The van der Waals surface area contributed by atoms with Crippen molar-refractivity contribution in [2.45, 2.75) is 0 Å². The van der Waals surface area contributed by atoms with Crippen molar-refractivity contribution in [3.63, 3.8) is 0 Å². The third-order valence-electron chi connectivity index (χ3n) is 3.08. The summed E-state index contributed by atoms with van der Waals surface area (Å²) in [7, 11) is 0. The van der Waals surface area contributed by atoms with E-state index in [-0.39, 0.29) is 0 Å². The van der Waals surface area contributed by atoms with Gasteiger partial charge in [-0.05, 0) is 36.0 Å². The molecule has 22 heavy (non-hydrogen) atoms. The van der Waals surface area contributed by atoms with Gasteiger partial charge in [-0.1, -0.05) is 60.1 Å². The van der Waals surface area contributed by atoms with Crippen LogP contribution >= 0.6 is 23.8 Å². The number of aromatic nitrogens is 3. The highest BCUT2D eigenvalue weighted by atomic mass is 35.5. The van der Waals surface area contributed by atoms with Gasteiger partial charge in [0.25, 0.3) is 0 Å². The second-order valence-corrected chi connectivity index (χ2v) is 5.45. The van der Waals surface area contributed by atoms with Crippen LogP contribution in [0.15, 0.2) is 54.6 Å². The molecule has 1 N–H and O–H groups in total. The van der Waals surface area contributed by atoms with Crippen LogP contribution in [-0.4, -0.2) is 15.2 Å². The lowest BCUT2D eigenvalue weighted by Crippen LogP contribution is -1.96. The molecule has 0 saturated heterocycles. The molecule has 1 heterocycles. The molecule has 0 radical (unpaired) electrons. The average molecular weight is 326 g/mol. The molecule has 3 aromatic rings. The first-order valence-corrected chi connectivity index (χ1v) is 7.47. The standard InChI is InChI=1S/C17H12ClN3S/c18-14-9-6-12(7-10-14)8-11-15-16(19-17(22)21-20-15)13-4-2-1-3-5-13/h1-11H,(H,19,21,22). The van der Waals surface area contributed by atoms with E-state index in [1.807, 2.05) is 66.7 Å². The minimum atomic E-state index is 0.363. The fourth-order valence-electron chi connectivity index (χ4n) is 2.02. The molecule has 0 bridgehead atoms. The van der Waals surface area contributed by atoms with E-state index in [2.05, 4.69) is 15.2 Å². The molecule has 5 heteroatoms. The number of hydrogen-bond acceptors (Lipinski definition) is 3. The molecule has 0 saturated carbocycles. The van der Waals surface area contributed by atoms with Gasteiger partial charge in [0.15, 0.2) is 0 Å². The molecular weight excluding hydrogens is 314 g/mol. The maximum atomic E-state index is 5.89. The number of benzene rings is 2. The summed E-state index contributed by atoms with van der Waals surface area (Å²) >= 11 is 11.0. The van der Waals surface area contributed by atoms with Crippen molar-refractivity contribution in [1.82, 2.24) is 15.2 Å². The minimum Gasteiger partial charge on any atom is -0.251 e. The van der Waals surface area contributed by atoms with Crippen LogP contribution < -0.4 is 0 Å². The first-order chi connectivity index (χ1) is 10.7. The van der Waals surface area contributed by atoms with E-state index in [0.717, 1.165) is 22.5 Å². The number of halogens is 1. The van der Waals surface area contributed by atoms with Gasteiger partial charge in [0.2, 0.25) is 4.77 Å². The smallest absolute Gasteiger partial charge is 0.214 e. The second-order valence-electron chi connectivity index (χ2n) is 4.63. The quantitative estimate of drug-likeness (QED) is 0.687. The molecule has 0 atom stereocenters. The van der Waals surface area contributed by atoms with Gasteiger partial charge in [-0.15, -0.1) is 0 Å². The molecule has 0 aliphatic rings. The van der Waals surface area contributed by atoms with Crippen molar-refractivity contribution in [3.05, 3.63) is 75.6 Å². The summed E-state index contributed by atoms with van der Waals surface area (Å²) in [4.78, 5) is 4.39. The van der Waals surface area contributed by atoms with E-state index in [1.54, 1.807) is 0 Å². The Morgan fingerprint density at radius 1 is 0.955 bits per heavy atom. The first kappa shape index (κ1) is 14.6. The molecule has 0 unspecified atom stereocenters. The Balaban J connectivity index is 2.00. The van der Waals surface area contributed by atoms with Gasteiger partial charge in [0, 0.05) is 10.6 Å². The lowest BCUT2D eigenvalue weighted by atomic mass is 10.1. The van der Waals surface area contributed by atoms with Crippen LogP contribution in [0.3, 0.4) is 0 Å². The Kier molecular flexibility index (Phi) is 4.42. The van der Waals surface area contributed by atoms with E-state index >= 15 is 0 Å². The highest BCUT2D eigenvalue weighted by Gasteiger charge is 2.06. The number of hydrogen-bond donors (Lipinski definition) is 1. The summed E-state index contributed by atoms with van der Waals surface area (Å²) in [6, 6.07) is 17.4. The Morgan fingerprint density at radius 2 is 1.68 bits per heavy atom. The van der Waals surface area contributed by atoms with E-state index in [9.17, 15) is 0 Å². The maximum Gasteiger partial charge on any atom is 0.214 e. The largest absolute Gasteiger partial charge is 0.251 e. The van der Waals surface area contributed by atoms with Crippen LogP contribution in [0.4, 0.5) is 0 Å². The molecular formula is C17H12ClN3S. The van der Waals surface area contributed by atoms with Crippen LogP contribution in [0.2, 0.25) is 5.02 Å². The third-order valence-corrected chi connectivity index (χ3v) is 3.51. The number of nitrogens with one attached hydrogen (secondary N) is 1. The van der Waals surface area contributed by atoms with Gasteiger partial charge >= 0.3 is 0 Å². The van der Waals surface area contributed by atoms with E-state index in [0.29, 0.717) is 9.79 Å². The number of rotatable bonds is 3. The molecule has 0 fully saturated rings. The summed E-state index contributed by atoms with van der Waals surface area (Å²) in [5, 5.41) is 7.73. The normalized spacial score (nSPS) is 11.0. The van der Waals surface area contributed by atoms with Crippen LogP contribution in [0.25, 0.3) is 23.4 Å². The summed E-state index contributed by atoms with van der Waals surface area (Å²) in [5.41, 5.74) is 3.50. The zero-order valence-corrected chi connectivity index (χ0v) is 13.1. The predicted molar refractivity (Wildman–Crippen MR) is 93.0 cm³/mol. The van der Waals surface area contributed by atoms with Crippen molar-refractivity contribution in [2.24, 2.45) is 0 Å². The monoisotopic (exact) mass is 325 g/mol. The Morgan fingerprint density at radius 3 is 2.41 bits per heavy atom. The van der Waals surface area contributed by atoms with Crippen molar-refractivity contribution in [1.29, 1.82) is 0 Å². The van der Waals surface area contributed by atoms with Crippen LogP contribution in [-0.2, 0) is 0 Å². The van der Waals surface area contributed by atoms with Gasteiger partial charge in [-0.3, -0.25) is 5.10 Å². The van der Waals surface area contributed by atoms with Crippen molar-refractivity contribution < 1.29 is 0 Å². The lowest BCUT2D eigenvalue weighted by Gasteiger charge is -2.03. The first-order valence-electron chi connectivity index (χ1n) is 6.68. The molecule has 0 amide bonds. The van der Waals surface area contributed by atoms with Crippen LogP contribution in [0.1, 0.15) is 11.3 Å². The minimum absolute atomic E-state index is 0.363. The van der Waals surface area contributed by atoms with Crippen molar-refractivity contribution in [2.75, 3.05) is 0 Å². The fraction of sp³-hybridized carbons (Fsp3) is 0. The Hall–Kier alpha value is -2.30. The Labute approximate surface area is 138 Å². The molecule has 1 aromatic heterocycles. The van der Waals surface area contributed by atoms with Gasteiger partial charge in [-0.2, -0.15) is 5.10 Å². The maximum absolute atomic E-state index is 5.89. The van der Waals surface area contributed by atoms with E-state index in [1.165, 1.54) is 0 Å². The van der Waals surface area contributed by atoms with Crippen LogP contribution in [0.5, 0.6) is 0 Å². The van der Waals surface area contributed by atoms with E-state index < -0.39 is 0 Å². The average Bonchev–Trinajstić information content (AvgIpc) is 2.56. The number of aromatic amines is 1. The molecule has 0 aliphatic carbocycles. The Bertz CT molecular complexity index is 855. The third kappa shape index (κ3) is 3.47. The topological polar surface area (TPSA) is 41.6 Å². The fourth-order valence-corrected chi connectivity index (χ4v) is 2.28. The highest BCUT2D eigenvalue weighted by Crippen LogP contribution is 2.21. The zero-order valence-electron chi connectivity index (χ0n) is 11.5. The van der Waals surface area contributed by atoms with Crippen LogP contribution in [0, 0.1) is 4.77 Å². The number of nitrogens with zero attached hydrogens (tertiary/aromatic N) is 2. The molecule has 3 rings (SSSR count). The summed E-state index contributed by atoms with van der Waals surface area (Å²) in [5.74, 6) is 0. The lowest BCUT2D eigenvalue weighted by molar-refractivity contribution is 0.943. The number of H-pyrrole nitrogens is 1. The molecule has 0 spiro atoms. The van der Waals surface area contributed by atoms with Gasteiger partial charge < -0.3 is 0 Å².